The first-order chi connectivity index (χ1) is 8.58. The van der Waals surface area contributed by atoms with Crippen LogP contribution in [0.15, 0.2) is 34.9 Å². The van der Waals surface area contributed by atoms with Crippen molar-refractivity contribution < 1.29 is 19.1 Å². The van der Waals surface area contributed by atoms with Crippen molar-refractivity contribution in [2.75, 3.05) is 0 Å². The van der Waals surface area contributed by atoms with E-state index in [0.29, 0.717) is 11.1 Å². The summed E-state index contributed by atoms with van der Waals surface area (Å²) in [7, 11) is 0. The fourth-order valence-electron chi connectivity index (χ4n) is 1.93. The maximum absolute atomic E-state index is 11.1. The molecular weight excluding hydrogens is 234 g/mol. The fraction of sp³-hybridized carbons (Fsp3) is 0.231. The molecule has 0 aliphatic heterocycles. The zero-order valence-corrected chi connectivity index (χ0v) is 9.84. The molecule has 5 heteroatoms. The highest BCUT2D eigenvalue weighted by molar-refractivity contribution is 5.83. The fourth-order valence-corrected chi connectivity index (χ4v) is 1.93. The molecule has 1 unspecified atom stereocenters. The van der Waals surface area contributed by atoms with Gasteiger partial charge in [-0.05, 0) is 6.07 Å². The highest BCUT2D eigenvalue weighted by Crippen LogP contribution is 2.28. The number of furan rings is 1. The van der Waals surface area contributed by atoms with Gasteiger partial charge in [0.15, 0.2) is 0 Å². The molecule has 0 saturated heterocycles. The number of hydrogen-bond acceptors (Lipinski definition) is 3. The summed E-state index contributed by atoms with van der Waals surface area (Å²) in [5.41, 5.74) is 1.36. The molecule has 0 aliphatic rings. The lowest BCUT2D eigenvalue weighted by molar-refractivity contribution is -0.137. The number of aliphatic carboxylic acids is 1. The monoisotopic (exact) mass is 247 g/mol. The molecule has 1 amide bonds. The quantitative estimate of drug-likeness (QED) is 0.866. The number of benzene rings is 1. The van der Waals surface area contributed by atoms with E-state index in [4.69, 9.17) is 9.52 Å². The smallest absolute Gasteiger partial charge is 0.305 e. The van der Waals surface area contributed by atoms with Crippen molar-refractivity contribution in [3.8, 4) is 0 Å². The second-order valence-electron chi connectivity index (χ2n) is 4.04. The lowest BCUT2D eigenvalue weighted by Gasteiger charge is -2.14. The van der Waals surface area contributed by atoms with Crippen LogP contribution >= 0.6 is 0 Å². The molecule has 1 aromatic heterocycles. The van der Waals surface area contributed by atoms with Crippen LogP contribution in [0.4, 0.5) is 0 Å². The zero-order chi connectivity index (χ0) is 13.1. The summed E-state index contributed by atoms with van der Waals surface area (Å²) >= 11 is 0. The van der Waals surface area contributed by atoms with Crippen LogP contribution in [0.1, 0.15) is 24.9 Å². The Balaban J connectivity index is 2.40. The first-order valence-electron chi connectivity index (χ1n) is 5.53. The molecule has 1 atom stereocenters. The van der Waals surface area contributed by atoms with Gasteiger partial charge in [-0.2, -0.15) is 0 Å². The van der Waals surface area contributed by atoms with Crippen LogP contribution in [0.5, 0.6) is 0 Å². The molecule has 1 aromatic carbocycles. The summed E-state index contributed by atoms with van der Waals surface area (Å²) in [5.74, 6) is -1.24. The van der Waals surface area contributed by atoms with Crippen molar-refractivity contribution in [2.24, 2.45) is 0 Å². The number of hydrogen-bond donors (Lipinski definition) is 2. The average Bonchev–Trinajstić information content (AvgIpc) is 2.70. The van der Waals surface area contributed by atoms with E-state index < -0.39 is 12.0 Å². The van der Waals surface area contributed by atoms with Gasteiger partial charge in [-0.15, -0.1) is 0 Å². The molecule has 0 spiro atoms. The maximum Gasteiger partial charge on any atom is 0.305 e. The Kier molecular flexibility index (Phi) is 3.32. The lowest BCUT2D eigenvalue weighted by atomic mass is 10.0. The van der Waals surface area contributed by atoms with Crippen molar-refractivity contribution in [2.45, 2.75) is 19.4 Å². The SMILES string of the molecule is CC(=O)NC(CC(=O)O)c1coc2ccccc12. The summed E-state index contributed by atoms with van der Waals surface area (Å²) in [6, 6.07) is 6.73. The van der Waals surface area contributed by atoms with E-state index in [1.165, 1.54) is 13.2 Å². The van der Waals surface area contributed by atoms with Gasteiger partial charge in [0, 0.05) is 17.9 Å². The topological polar surface area (TPSA) is 79.5 Å². The van der Waals surface area contributed by atoms with Crippen molar-refractivity contribution in [3.05, 3.63) is 36.1 Å². The predicted octanol–water partition coefficient (Wildman–Crippen LogP) is 2.08. The van der Waals surface area contributed by atoms with Crippen LogP contribution in [0, 0.1) is 0 Å². The third kappa shape index (κ3) is 2.51. The molecular formula is C13H13NO4. The lowest BCUT2D eigenvalue weighted by Crippen LogP contribution is -2.27. The molecule has 0 fully saturated rings. The van der Waals surface area contributed by atoms with E-state index in [-0.39, 0.29) is 12.3 Å². The van der Waals surface area contributed by atoms with E-state index in [9.17, 15) is 9.59 Å². The third-order valence-corrected chi connectivity index (χ3v) is 2.64. The molecule has 2 aromatic rings. The number of nitrogens with one attached hydrogen (secondary N) is 1. The van der Waals surface area contributed by atoms with Crippen molar-refractivity contribution in [1.82, 2.24) is 5.32 Å². The van der Waals surface area contributed by atoms with Gasteiger partial charge in [0.05, 0.1) is 18.7 Å². The van der Waals surface area contributed by atoms with E-state index in [0.717, 1.165) is 5.39 Å². The van der Waals surface area contributed by atoms with Gasteiger partial charge in [-0.25, -0.2) is 0 Å². The first kappa shape index (κ1) is 12.2. The molecule has 0 bridgehead atoms. The largest absolute Gasteiger partial charge is 0.481 e. The van der Waals surface area contributed by atoms with Crippen LogP contribution in [-0.4, -0.2) is 17.0 Å². The van der Waals surface area contributed by atoms with Crippen LogP contribution in [0.3, 0.4) is 0 Å². The molecule has 94 valence electrons. The second-order valence-corrected chi connectivity index (χ2v) is 4.04. The Morgan fingerprint density at radius 3 is 2.78 bits per heavy atom. The molecule has 0 saturated carbocycles. The molecule has 5 nitrogen and oxygen atoms in total. The first-order valence-corrected chi connectivity index (χ1v) is 5.53. The van der Waals surface area contributed by atoms with E-state index >= 15 is 0 Å². The Morgan fingerprint density at radius 2 is 2.11 bits per heavy atom. The van der Waals surface area contributed by atoms with Gasteiger partial charge in [0.2, 0.25) is 5.91 Å². The summed E-state index contributed by atoms with van der Waals surface area (Å²) in [5, 5.41) is 12.3. The summed E-state index contributed by atoms with van der Waals surface area (Å²) in [6.45, 7) is 1.36. The van der Waals surface area contributed by atoms with Gasteiger partial charge in [-0.3, -0.25) is 9.59 Å². The third-order valence-electron chi connectivity index (χ3n) is 2.64. The van der Waals surface area contributed by atoms with Crippen LogP contribution < -0.4 is 5.32 Å². The highest BCUT2D eigenvalue weighted by Gasteiger charge is 2.20. The minimum Gasteiger partial charge on any atom is -0.481 e. The number of amides is 1. The number of fused-ring (bicyclic) bond motifs is 1. The Morgan fingerprint density at radius 1 is 1.39 bits per heavy atom. The van der Waals surface area contributed by atoms with Gasteiger partial charge in [-0.1, -0.05) is 18.2 Å². The predicted molar refractivity (Wildman–Crippen MR) is 65.0 cm³/mol. The Labute approximate surface area is 103 Å². The normalized spacial score (nSPS) is 12.3. The molecule has 2 N–H and O–H groups in total. The standard InChI is InChI=1S/C13H13NO4/c1-8(15)14-11(6-13(16)17)10-7-18-12-5-3-2-4-9(10)12/h2-5,7,11H,6H2,1H3,(H,14,15)(H,16,17). The summed E-state index contributed by atoms with van der Waals surface area (Å²) in [4.78, 5) is 22.0. The summed E-state index contributed by atoms with van der Waals surface area (Å²) < 4.78 is 5.35. The molecule has 2 rings (SSSR count). The Hall–Kier alpha value is -2.30. The van der Waals surface area contributed by atoms with Crippen LogP contribution in [0.2, 0.25) is 0 Å². The highest BCUT2D eigenvalue weighted by atomic mass is 16.4. The van der Waals surface area contributed by atoms with E-state index in [1.807, 2.05) is 18.2 Å². The molecule has 18 heavy (non-hydrogen) atoms. The van der Waals surface area contributed by atoms with Crippen molar-refractivity contribution in [1.29, 1.82) is 0 Å². The van der Waals surface area contributed by atoms with E-state index in [2.05, 4.69) is 5.32 Å². The second kappa shape index (κ2) is 4.91. The summed E-state index contributed by atoms with van der Waals surface area (Å²) in [6.07, 6.45) is 1.32. The van der Waals surface area contributed by atoms with Gasteiger partial charge < -0.3 is 14.8 Å². The van der Waals surface area contributed by atoms with Crippen molar-refractivity contribution in [3.63, 3.8) is 0 Å². The van der Waals surface area contributed by atoms with E-state index in [1.54, 1.807) is 6.07 Å². The van der Waals surface area contributed by atoms with Crippen LogP contribution in [0.25, 0.3) is 11.0 Å². The number of rotatable bonds is 4. The number of carboxylic acids is 1. The molecule has 1 heterocycles. The molecule has 0 aliphatic carbocycles. The minimum atomic E-state index is -0.973. The number of para-hydroxylation sites is 1. The molecule has 0 radical (unpaired) electrons. The van der Waals surface area contributed by atoms with Gasteiger partial charge in [0.1, 0.15) is 5.58 Å². The maximum atomic E-state index is 11.1. The van der Waals surface area contributed by atoms with Gasteiger partial charge >= 0.3 is 5.97 Å². The average molecular weight is 247 g/mol. The van der Waals surface area contributed by atoms with Gasteiger partial charge in [0.25, 0.3) is 0 Å². The van der Waals surface area contributed by atoms with Crippen LogP contribution in [-0.2, 0) is 9.59 Å². The number of carbonyl (C=O) groups is 2. The Bertz CT molecular complexity index is 571. The minimum absolute atomic E-state index is 0.177. The number of carbonyl (C=O) groups excluding carboxylic acids is 1. The van der Waals surface area contributed by atoms with Crippen molar-refractivity contribution >= 4 is 22.8 Å². The zero-order valence-electron chi connectivity index (χ0n) is 9.84. The number of carboxylic acid groups (broad SMARTS) is 1.